The number of amides is 1. The zero-order chi connectivity index (χ0) is 21.0. The van der Waals surface area contributed by atoms with E-state index in [0.29, 0.717) is 51.4 Å². The van der Waals surface area contributed by atoms with Crippen LogP contribution in [0.4, 0.5) is 16.3 Å². The van der Waals surface area contributed by atoms with Crippen molar-refractivity contribution in [3.63, 3.8) is 0 Å². The zero-order valence-electron chi connectivity index (χ0n) is 16.6. The molecule has 9 nitrogen and oxygen atoms in total. The SMILES string of the molecule is O=C(OCc1ccccc1)N1CCC2(CC1)CN(c1ccc([N+](=O)[O-])cn1)CCO2. The predicted molar refractivity (Wildman–Crippen MR) is 109 cm³/mol. The normalized spacial score (nSPS) is 18.3. The highest BCUT2D eigenvalue weighted by Gasteiger charge is 2.41. The van der Waals surface area contributed by atoms with E-state index in [4.69, 9.17) is 9.47 Å². The van der Waals surface area contributed by atoms with Crippen molar-refractivity contribution in [1.82, 2.24) is 9.88 Å². The van der Waals surface area contributed by atoms with Gasteiger partial charge in [-0.3, -0.25) is 10.1 Å². The van der Waals surface area contributed by atoms with Crippen LogP contribution in [0.3, 0.4) is 0 Å². The Morgan fingerprint density at radius 1 is 1.17 bits per heavy atom. The molecular formula is C21H24N4O5. The van der Waals surface area contributed by atoms with Gasteiger partial charge in [-0.25, -0.2) is 9.78 Å². The highest BCUT2D eigenvalue weighted by Crippen LogP contribution is 2.32. The summed E-state index contributed by atoms with van der Waals surface area (Å²) in [4.78, 5) is 30.8. The molecule has 1 spiro atoms. The molecule has 1 aromatic carbocycles. The van der Waals surface area contributed by atoms with Gasteiger partial charge in [0.05, 0.1) is 17.1 Å². The van der Waals surface area contributed by atoms with Crippen LogP contribution in [0.15, 0.2) is 48.7 Å². The molecule has 9 heteroatoms. The van der Waals surface area contributed by atoms with Crippen LogP contribution in [-0.2, 0) is 16.1 Å². The van der Waals surface area contributed by atoms with Gasteiger partial charge in [-0.2, -0.15) is 0 Å². The van der Waals surface area contributed by atoms with Crippen LogP contribution in [0.25, 0.3) is 0 Å². The number of piperidine rings is 1. The van der Waals surface area contributed by atoms with Crippen molar-refractivity contribution in [3.05, 3.63) is 64.3 Å². The maximum absolute atomic E-state index is 12.4. The van der Waals surface area contributed by atoms with Crippen LogP contribution >= 0.6 is 0 Å². The fourth-order valence-corrected chi connectivity index (χ4v) is 3.92. The Labute approximate surface area is 174 Å². The number of hydrogen-bond donors (Lipinski definition) is 0. The molecule has 2 aliphatic heterocycles. The number of carbonyl (C=O) groups excluding carboxylic acids is 1. The van der Waals surface area contributed by atoms with Gasteiger partial charge in [0.15, 0.2) is 0 Å². The molecule has 30 heavy (non-hydrogen) atoms. The Kier molecular flexibility index (Phi) is 5.80. The molecule has 0 unspecified atom stereocenters. The summed E-state index contributed by atoms with van der Waals surface area (Å²) in [5.74, 6) is 0.702. The van der Waals surface area contributed by atoms with E-state index < -0.39 is 4.92 Å². The molecule has 2 saturated heterocycles. The van der Waals surface area contributed by atoms with Crippen LogP contribution in [-0.4, -0.2) is 59.3 Å². The lowest BCUT2D eigenvalue weighted by atomic mass is 9.89. The van der Waals surface area contributed by atoms with Crippen molar-refractivity contribution >= 4 is 17.6 Å². The Balaban J connectivity index is 1.31. The van der Waals surface area contributed by atoms with Gasteiger partial charge < -0.3 is 19.3 Å². The molecular weight excluding hydrogens is 388 g/mol. The fourth-order valence-electron chi connectivity index (χ4n) is 3.92. The lowest BCUT2D eigenvalue weighted by Gasteiger charge is -2.47. The molecule has 2 fully saturated rings. The second-order valence-electron chi connectivity index (χ2n) is 7.61. The number of pyridine rings is 1. The Morgan fingerprint density at radius 2 is 1.93 bits per heavy atom. The van der Waals surface area contributed by atoms with E-state index in [1.54, 1.807) is 11.0 Å². The van der Waals surface area contributed by atoms with E-state index in [9.17, 15) is 14.9 Å². The largest absolute Gasteiger partial charge is 0.445 e. The second kappa shape index (κ2) is 8.66. The third kappa shape index (κ3) is 4.51. The van der Waals surface area contributed by atoms with Gasteiger partial charge in [0.1, 0.15) is 18.6 Å². The molecule has 2 aliphatic rings. The van der Waals surface area contributed by atoms with Crippen molar-refractivity contribution in [2.75, 3.05) is 37.7 Å². The zero-order valence-corrected chi connectivity index (χ0v) is 16.6. The van der Waals surface area contributed by atoms with Gasteiger partial charge in [0, 0.05) is 32.2 Å². The fraction of sp³-hybridized carbons (Fsp3) is 0.429. The lowest BCUT2D eigenvalue weighted by molar-refractivity contribution is -0.385. The van der Waals surface area contributed by atoms with Crippen LogP contribution in [0.1, 0.15) is 18.4 Å². The lowest BCUT2D eigenvalue weighted by Crippen LogP contribution is -2.57. The van der Waals surface area contributed by atoms with E-state index >= 15 is 0 Å². The van der Waals surface area contributed by atoms with Gasteiger partial charge >= 0.3 is 6.09 Å². The number of nitro groups is 1. The quantitative estimate of drug-likeness (QED) is 0.562. The summed E-state index contributed by atoms with van der Waals surface area (Å²) in [6, 6.07) is 12.8. The Hall–Kier alpha value is -3.20. The summed E-state index contributed by atoms with van der Waals surface area (Å²) in [7, 11) is 0. The number of rotatable bonds is 4. The van der Waals surface area contributed by atoms with E-state index in [1.807, 2.05) is 30.3 Å². The van der Waals surface area contributed by atoms with Crippen LogP contribution < -0.4 is 4.90 Å². The predicted octanol–water partition coefficient (Wildman–Crippen LogP) is 3.00. The van der Waals surface area contributed by atoms with Gasteiger partial charge in [-0.05, 0) is 24.5 Å². The average Bonchev–Trinajstić information content (AvgIpc) is 2.79. The van der Waals surface area contributed by atoms with Crippen molar-refractivity contribution in [3.8, 4) is 0 Å². The summed E-state index contributed by atoms with van der Waals surface area (Å²) in [6.07, 6.45) is 2.38. The van der Waals surface area contributed by atoms with Crippen LogP contribution in [0.2, 0.25) is 0 Å². The highest BCUT2D eigenvalue weighted by molar-refractivity contribution is 5.67. The van der Waals surface area contributed by atoms with Crippen molar-refractivity contribution in [1.29, 1.82) is 0 Å². The third-order valence-electron chi connectivity index (χ3n) is 5.65. The number of ether oxygens (including phenoxy) is 2. The molecule has 0 N–H and O–H groups in total. The molecule has 1 amide bonds. The van der Waals surface area contributed by atoms with Gasteiger partial charge in [-0.1, -0.05) is 30.3 Å². The summed E-state index contributed by atoms with van der Waals surface area (Å²) in [5, 5.41) is 10.8. The summed E-state index contributed by atoms with van der Waals surface area (Å²) < 4.78 is 11.6. The molecule has 158 valence electrons. The first-order chi connectivity index (χ1) is 14.5. The molecule has 2 aromatic rings. The summed E-state index contributed by atoms with van der Waals surface area (Å²) >= 11 is 0. The topological polar surface area (TPSA) is 98.0 Å². The molecule has 0 bridgehead atoms. The minimum absolute atomic E-state index is 0.0240. The first kappa shape index (κ1) is 20.1. The van der Waals surface area contributed by atoms with Crippen LogP contribution in [0, 0.1) is 10.1 Å². The summed E-state index contributed by atoms with van der Waals surface area (Å²) in [6.45, 7) is 3.26. The maximum atomic E-state index is 12.4. The summed E-state index contributed by atoms with van der Waals surface area (Å²) in [5.41, 5.74) is 0.586. The number of hydrogen-bond acceptors (Lipinski definition) is 7. The number of likely N-dealkylation sites (tertiary alicyclic amines) is 1. The van der Waals surface area contributed by atoms with E-state index in [2.05, 4.69) is 9.88 Å². The standard InChI is InChI=1S/C21H24N4O5/c26-20(29-15-17-4-2-1-3-5-17)23-10-8-21(9-11-23)16-24(12-13-30-21)19-7-6-18(14-22-19)25(27)28/h1-7,14H,8-13,15-16H2. The molecule has 0 aliphatic carbocycles. The van der Waals surface area contributed by atoms with E-state index in [0.717, 1.165) is 5.56 Å². The van der Waals surface area contributed by atoms with Gasteiger partial charge in [0.2, 0.25) is 0 Å². The second-order valence-corrected chi connectivity index (χ2v) is 7.61. The van der Waals surface area contributed by atoms with Crippen molar-refractivity contribution < 1.29 is 19.2 Å². The molecule has 0 atom stereocenters. The highest BCUT2D eigenvalue weighted by atomic mass is 16.6. The number of carbonyl (C=O) groups is 1. The first-order valence-corrected chi connectivity index (χ1v) is 10.00. The van der Waals surface area contributed by atoms with Crippen LogP contribution in [0.5, 0.6) is 0 Å². The molecule has 4 rings (SSSR count). The smallest absolute Gasteiger partial charge is 0.410 e. The van der Waals surface area contributed by atoms with Gasteiger partial charge in [0.25, 0.3) is 5.69 Å². The average molecular weight is 412 g/mol. The monoisotopic (exact) mass is 412 g/mol. The van der Waals surface area contributed by atoms with Crippen molar-refractivity contribution in [2.24, 2.45) is 0 Å². The molecule has 3 heterocycles. The van der Waals surface area contributed by atoms with E-state index in [1.165, 1.54) is 12.3 Å². The molecule has 0 saturated carbocycles. The number of benzene rings is 1. The Bertz CT molecular complexity index is 882. The third-order valence-corrected chi connectivity index (χ3v) is 5.65. The first-order valence-electron chi connectivity index (χ1n) is 10.00. The Morgan fingerprint density at radius 3 is 2.60 bits per heavy atom. The van der Waals surface area contributed by atoms with Gasteiger partial charge in [-0.15, -0.1) is 0 Å². The number of aromatic nitrogens is 1. The number of anilines is 1. The number of nitrogens with zero attached hydrogens (tertiary/aromatic N) is 4. The minimum Gasteiger partial charge on any atom is -0.445 e. The van der Waals surface area contributed by atoms with Crippen molar-refractivity contribution in [2.45, 2.75) is 25.0 Å². The molecule has 1 aromatic heterocycles. The maximum Gasteiger partial charge on any atom is 0.410 e. The van der Waals surface area contributed by atoms with E-state index in [-0.39, 0.29) is 24.0 Å². The molecule has 0 radical (unpaired) electrons. The minimum atomic E-state index is -0.454. The number of morpholine rings is 1.